The minimum absolute atomic E-state index is 0.0594. The van der Waals surface area contributed by atoms with E-state index < -0.39 is 0 Å². The zero-order valence-corrected chi connectivity index (χ0v) is 16.4. The molecule has 0 saturated carbocycles. The molecule has 5 nitrogen and oxygen atoms in total. The lowest BCUT2D eigenvalue weighted by Crippen LogP contribution is -2.58. The smallest absolute Gasteiger partial charge is 0.179 e. The largest absolute Gasteiger partial charge is 0.486 e. The average molecular weight is 369 g/mol. The van der Waals surface area contributed by atoms with E-state index in [1.807, 2.05) is 12.1 Å². The lowest BCUT2D eigenvalue weighted by atomic mass is 10.00. The number of halogens is 1. The van der Waals surface area contributed by atoms with E-state index in [2.05, 4.69) is 37.9 Å². The lowest BCUT2D eigenvalue weighted by molar-refractivity contribution is -0.0952. The minimum Gasteiger partial charge on any atom is -0.486 e. The van der Waals surface area contributed by atoms with Crippen molar-refractivity contribution in [1.29, 1.82) is 0 Å². The first-order valence-electron chi connectivity index (χ1n) is 9.04. The number of morpholine rings is 1. The van der Waals surface area contributed by atoms with E-state index in [1.54, 1.807) is 0 Å². The normalized spacial score (nSPS) is 24.4. The molecule has 2 heterocycles. The van der Waals surface area contributed by atoms with Crippen LogP contribution in [0.2, 0.25) is 5.02 Å². The van der Waals surface area contributed by atoms with Gasteiger partial charge in [0.1, 0.15) is 13.2 Å². The standard InChI is InChI=1S/C19H29ClN2O3/c1-13-10-22(11-14(2)25-13)19(3,4)12-21-9-15-7-16(20)18-17(8-15)23-5-6-24-18/h7-8,13-14,21H,5-6,9-12H2,1-4H3. The van der Waals surface area contributed by atoms with E-state index in [0.29, 0.717) is 24.0 Å². The summed E-state index contributed by atoms with van der Waals surface area (Å²) in [7, 11) is 0. The second kappa shape index (κ2) is 7.70. The van der Waals surface area contributed by atoms with Crippen LogP contribution in [0.5, 0.6) is 11.5 Å². The summed E-state index contributed by atoms with van der Waals surface area (Å²) in [4.78, 5) is 2.51. The summed E-state index contributed by atoms with van der Waals surface area (Å²) in [6.07, 6.45) is 0.555. The van der Waals surface area contributed by atoms with Crippen LogP contribution >= 0.6 is 11.6 Å². The Morgan fingerprint density at radius 1 is 1.16 bits per heavy atom. The van der Waals surface area contributed by atoms with Gasteiger partial charge >= 0.3 is 0 Å². The molecule has 1 aromatic carbocycles. The van der Waals surface area contributed by atoms with Crippen molar-refractivity contribution in [2.24, 2.45) is 0 Å². The maximum atomic E-state index is 6.32. The van der Waals surface area contributed by atoms with Crippen molar-refractivity contribution in [2.45, 2.75) is 52.0 Å². The van der Waals surface area contributed by atoms with E-state index in [-0.39, 0.29) is 17.7 Å². The van der Waals surface area contributed by atoms with Crippen LogP contribution in [0.15, 0.2) is 12.1 Å². The van der Waals surface area contributed by atoms with E-state index in [1.165, 1.54) is 0 Å². The van der Waals surface area contributed by atoms with Gasteiger partial charge in [-0.25, -0.2) is 0 Å². The molecule has 0 bridgehead atoms. The number of rotatable bonds is 5. The summed E-state index contributed by atoms with van der Waals surface area (Å²) in [5.41, 5.74) is 1.16. The molecule has 2 unspecified atom stereocenters. The molecule has 2 atom stereocenters. The monoisotopic (exact) mass is 368 g/mol. The molecule has 0 amide bonds. The fraction of sp³-hybridized carbons (Fsp3) is 0.684. The van der Waals surface area contributed by atoms with Gasteiger partial charge in [-0.1, -0.05) is 11.6 Å². The summed E-state index contributed by atoms with van der Waals surface area (Å²) >= 11 is 6.32. The van der Waals surface area contributed by atoms with Crippen LogP contribution in [0.1, 0.15) is 33.3 Å². The van der Waals surface area contributed by atoms with Gasteiger partial charge in [0.05, 0.1) is 17.2 Å². The molecule has 6 heteroatoms. The molecule has 3 rings (SSSR count). The number of benzene rings is 1. The molecule has 0 aromatic heterocycles. The number of ether oxygens (including phenoxy) is 3. The van der Waals surface area contributed by atoms with Crippen molar-refractivity contribution in [3.05, 3.63) is 22.7 Å². The van der Waals surface area contributed by atoms with Crippen molar-refractivity contribution >= 4 is 11.6 Å². The Balaban J connectivity index is 1.57. The SMILES string of the molecule is CC1CN(C(C)(C)CNCc2cc(Cl)c3c(c2)OCCO3)CC(C)O1. The average Bonchev–Trinajstić information content (AvgIpc) is 2.54. The van der Waals surface area contributed by atoms with E-state index in [0.717, 1.165) is 37.5 Å². The maximum absolute atomic E-state index is 6.32. The van der Waals surface area contributed by atoms with Crippen LogP contribution in [0.25, 0.3) is 0 Å². The van der Waals surface area contributed by atoms with Gasteiger partial charge in [-0.05, 0) is 45.4 Å². The Morgan fingerprint density at radius 3 is 2.56 bits per heavy atom. The van der Waals surface area contributed by atoms with Crippen molar-refractivity contribution in [3.8, 4) is 11.5 Å². The molecule has 1 aromatic rings. The number of hydrogen-bond acceptors (Lipinski definition) is 5. The van der Waals surface area contributed by atoms with Crippen LogP contribution in [-0.4, -0.2) is 55.5 Å². The zero-order valence-electron chi connectivity index (χ0n) is 15.6. The maximum Gasteiger partial charge on any atom is 0.179 e. The first kappa shape index (κ1) is 18.8. The third-order valence-corrected chi connectivity index (χ3v) is 5.10. The van der Waals surface area contributed by atoms with E-state index >= 15 is 0 Å². The van der Waals surface area contributed by atoms with Gasteiger partial charge in [-0.3, -0.25) is 4.90 Å². The highest BCUT2D eigenvalue weighted by Gasteiger charge is 2.32. The highest BCUT2D eigenvalue weighted by Crippen LogP contribution is 2.38. The predicted octanol–water partition coefficient (Wildman–Crippen LogP) is 3.09. The van der Waals surface area contributed by atoms with Gasteiger partial charge in [0.15, 0.2) is 11.5 Å². The molecule has 1 fully saturated rings. The summed E-state index contributed by atoms with van der Waals surface area (Å²) in [5.74, 6) is 1.40. The quantitative estimate of drug-likeness (QED) is 0.865. The number of hydrogen-bond donors (Lipinski definition) is 1. The van der Waals surface area contributed by atoms with Gasteiger partial charge in [-0.2, -0.15) is 0 Å². The van der Waals surface area contributed by atoms with Gasteiger partial charge in [0.25, 0.3) is 0 Å². The predicted molar refractivity (Wildman–Crippen MR) is 99.8 cm³/mol. The fourth-order valence-corrected chi connectivity index (χ4v) is 3.85. The Kier molecular flexibility index (Phi) is 5.78. The third-order valence-electron chi connectivity index (χ3n) is 4.82. The van der Waals surface area contributed by atoms with Crippen LogP contribution < -0.4 is 14.8 Å². The van der Waals surface area contributed by atoms with Crippen LogP contribution in [0, 0.1) is 0 Å². The molecule has 1 N–H and O–H groups in total. The summed E-state index contributed by atoms with van der Waals surface area (Å²) in [6, 6.07) is 3.97. The van der Waals surface area contributed by atoms with Gasteiger partial charge in [0, 0.05) is 31.7 Å². The second-order valence-electron chi connectivity index (χ2n) is 7.68. The summed E-state index contributed by atoms with van der Waals surface area (Å²) in [5, 5.41) is 4.18. The molecular formula is C19H29ClN2O3. The summed E-state index contributed by atoms with van der Waals surface area (Å²) in [6.45, 7) is 13.5. The van der Waals surface area contributed by atoms with Crippen molar-refractivity contribution in [1.82, 2.24) is 10.2 Å². The van der Waals surface area contributed by atoms with Crippen LogP contribution in [0.3, 0.4) is 0 Å². The van der Waals surface area contributed by atoms with E-state index in [4.69, 9.17) is 25.8 Å². The highest BCUT2D eigenvalue weighted by molar-refractivity contribution is 6.32. The Labute approximate surface area is 155 Å². The molecule has 2 aliphatic rings. The molecule has 0 radical (unpaired) electrons. The molecule has 25 heavy (non-hydrogen) atoms. The van der Waals surface area contributed by atoms with Crippen LogP contribution in [-0.2, 0) is 11.3 Å². The van der Waals surface area contributed by atoms with Crippen molar-refractivity contribution in [2.75, 3.05) is 32.8 Å². The Bertz CT molecular complexity index is 599. The minimum atomic E-state index is 0.0594. The second-order valence-corrected chi connectivity index (χ2v) is 8.09. The fourth-order valence-electron chi connectivity index (χ4n) is 3.56. The Hall–Kier alpha value is -1.01. The third kappa shape index (κ3) is 4.59. The van der Waals surface area contributed by atoms with Crippen molar-refractivity contribution in [3.63, 3.8) is 0 Å². The number of nitrogens with one attached hydrogen (secondary N) is 1. The summed E-state index contributed by atoms with van der Waals surface area (Å²) < 4.78 is 17.1. The first-order chi connectivity index (χ1) is 11.8. The van der Waals surface area contributed by atoms with Gasteiger partial charge < -0.3 is 19.5 Å². The molecule has 1 saturated heterocycles. The van der Waals surface area contributed by atoms with E-state index in [9.17, 15) is 0 Å². The first-order valence-corrected chi connectivity index (χ1v) is 9.42. The van der Waals surface area contributed by atoms with Crippen molar-refractivity contribution < 1.29 is 14.2 Å². The zero-order chi connectivity index (χ0) is 18.0. The van der Waals surface area contributed by atoms with Gasteiger partial charge in [-0.15, -0.1) is 0 Å². The Morgan fingerprint density at radius 2 is 1.84 bits per heavy atom. The highest BCUT2D eigenvalue weighted by atomic mass is 35.5. The van der Waals surface area contributed by atoms with Crippen LogP contribution in [0.4, 0.5) is 0 Å². The molecule has 0 aliphatic carbocycles. The molecule has 2 aliphatic heterocycles. The molecule has 0 spiro atoms. The molecular weight excluding hydrogens is 340 g/mol. The number of nitrogens with zero attached hydrogens (tertiary/aromatic N) is 1. The number of fused-ring (bicyclic) bond motifs is 1. The van der Waals surface area contributed by atoms with Gasteiger partial charge in [0.2, 0.25) is 0 Å². The topological polar surface area (TPSA) is 43.0 Å². The molecule has 140 valence electrons. The lowest BCUT2D eigenvalue weighted by Gasteiger charge is -2.45.